The molecule has 1 aromatic heterocycles. The van der Waals surface area contributed by atoms with Crippen molar-refractivity contribution < 1.29 is 8.42 Å². The SMILES string of the molecule is N#Cc1ccc(S(=O)(=O)Nc2ccc3cc2CCc2cccc(c2)Nc2ncc(Cl)c(n2)N3)cc1. The molecule has 0 atom stereocenters. The number of hydrogen-bond donors (Lipinski definition) is 3. The molecule has 35 heavy (non-hydrogen) atoms. The molecule has 0 fully saturated rings. The number of halogens is 1. The van der Waals surface area contributed by atoms with E-state index in [0.717, 1.165) is 16.8 Å². The summed E-state index contributed by atoms with van der Waals surface area (Å²) in [6.45, 7) is 0. The Kier molecular flexibility index (Phi) is 5.99. The number of nitrogens with zero attached hydrogens (tertiary/aromatic N) is 3. The van der Waals surface area contributed by atoms with Gasteiger partial charge in [0.05, 0.1) is 28.4 Å². The van der Waals surface area contributed by atoms with Crippen LogP contribution in [0.15, 0.2) is 77.8 Å². The summed E-state index contributed by atoms with van der Waals surface area (Å²) >= 11 is 6.31. The number of nitrogens with one attached hydrogen (secondary N) is 3. The van der Waals surface area contributed by atoms with Crippen LogP contribution >= 0.6 is 11.6 Å². The van der Waals surface area contributed by atoms with Gasteiger partial charge in [-0.15, -0.1) is 0 Å². The molecule has 3 N–H and O–H groups in total. The van der Waals surface area contributed by atoms with E-state index in [4.69, 9.17) is 16.9 Å². The molecular weight excluding hydrogens is 484 g/mol. The van der Waals surface area contributed by atoms with Gasteiger partial charge in [0, 0.05) is 11.4 Å². The van der Waals surface area contributed by atoms with Gasteiger partial charge in [-0.25, -0.2) is 13.4 Å². The smallest absolute Gasteiger partial charge is 0.261 e. The van der Waals surface area contributed by atoms with Crippen molar-refractivity contribution in [2.24, 2.45) is 0 Å². The predicted octanol–water partition coefficient (Wildman–Crippen LogP) is 5.39. The average molecular weight is 503 g/mol. The molecule has 0 saturated carbocycles. The van der Waals surface area contributed by atoms with E-state index < -0.39 is 10.0 Å². The van der Waals surface area contributed by atoms with Crippen LogP contribution in [0.4, 0.5) is 28.8 Å². The van der Waals surface area contributed by atoms with Crippen molar-refractivity contribution in [1.29, 1.82) is 5.26 Å². The summed E-state index contributed by atoms with van der Waals surface area (Å²) in [5.74, 6) is 0.830. The summed E-state index contributed by atoms with van der Waals surface area (Å²) < 4.78 is 28.8. The normalized spacial score (nSPS) is 12.6. The van der Waals surface area contributed by atoms with Gasteiger partial charge in [0.1, 0.15) is 5.02 Å². The Hall–Kier alpha value is -4.13. The molecule has 4 aromatic rings. The lowest BCUT2D eigenvalue weighted by atomic mass is 10.0. The maximum absolute atomic E-state index is 13.0. The Morgan fingerprint density at radius 1 is 0.971 bits per heavy atom. The molecule has 6 bridgehead atoms. The number of aromatic nitrogens is 2. The van der Waals surface area contributed by atoms with Gasteiger partial charge >= 0.3 is 0 Å². The minimum absolute atomic E-state index is 0.0783. The Morgan fingerprint density at radius 2 is 1.77 bits per heavy atom. The lowest BCUT2D eigenvalue weighted by Gasteiger charge is -2.15. The highest BCUT2D eigenvalue weighted by Gasteiger charge is 2.17. The predicted molar refractivity (Wildman–Crippen MR) is 136 cm³/mol. The quantitative estimate of drug-likeness (QED) is 0.343. The third-order valence-electron chi connectivity index (χ3n) is 5.52. The maximum atomic E-state index is 13.0. The van der Waals surface area contributed by atoms with Crippen molar-refractivity contribution in [3.63, 3.8) is 0 Å². The number of benzene rings is 3. The van der Waals surface area contributed by atoms with E-state index in [-0.39, 0.29) is 4.90 Å². The summed E-state index contributed by atoms with van der Waals surface area (Å²) in [6.07, 6.45) is 2.79. The maximum Gasteiger partial charge on any atom is 0.261 e. The van der Waals surface area contributed by atoms with Crippen LogP contribution in [-0.4, -0.2) is 18.4 Å². The van der Waals surface area contributed by atoms with E-state index in [1.165, 1.54) is 30.5 Å². The largest absolute Gasteiger partial charge is 0.339 e. The van der Waals surface area contributed by atoms with Crippen LogP contribution in [0.1, 0.15) is 16.7 Å². The summed E-state index contributed by atoms with van der Waals surface area (Å²) in [6, 6.07) is 21.0. The number of fused-ring (bicyclic) bond motifs is 6. The molecule has 0 saturated heterocycles. The molecule has 0 radical (unpaired) electrons. The summed E-state index contributed by atoms with van der Waals surface area (Å²) in [5.41, 5.74) is 4.28. The van der Waals surface area contributed by atoms with Gasteiger partial charge in [0.25, 0.3) is 10.0 Å². The van der Waals surface area contributed by atoms with Crippen molar-refractivity contribution in [3.05, 3.63) is 94.6 Å². The van der Waals surface area contributed by atoms with Gasteiger partial charge in [-0.2, -0.15) is 10.2 Å². The Balaban J connectivity index is 1.54. The fourth-order valence-corrected chi connectivity index (χ4v) is 4.99. The minimum Gasteiger partial charge on any atom is -0.339 e. The fraction of sp³-hybridized carbons (Fsp3) is 0.0800. The molecule has 2 heterocycles. The second kappa shape index (κ2) is 9.25. The summed E-state index contributed by atoms with van der Waals surface area (Å²) in [7, 11) is -3.85. The van der Waals surface area contributed by atoms with Crippen molar-refractivity contribution >= 4 is 50.5 Å². The molecular formula is C25H19ClN6O2S. The first-order chi connectivity index (χ1) is 16.9. The third-order valence-corrected chi connectivity index (χ3v) is 7.17. The number of sulfonamides is 1. The van der Waals surface area contributed by atoms with E-state index in [2.05, 4.69) is 25.3 Å². The van der Waals surface area contributed by atoms with E-state index in [1.54, 1.807) is 12.1 Å². The number of rotatable bonds is 3. The van der Waals surface area contributed by atoms with Crippen LogP contribution in [0.25, 0.3) is 0 Å². The first-order valence-corrected chi connectivity index (χ1v) is 12.6. The third kappa shape index (κ3) is 5.04. The second-order valence-corrected chi connectivity index (χ2v) is 10.0. The molecule has 1 aliphatic heterocycles. The summed E-state index contributed by atoms with van der Waals surface area (Å²) in [5, 5.41) is 15.7. The van der Waals surface area contributed by atoms with Gasteiger partial charge < -0.3 is 10.6 Å². The number of anilines is 5. The highest BCUT2D eigenvalue weighted by Crippen LogP contribution is 2.30. The Labute approximate surface area is 207 Å². The highest BCUT2D eigenvalue weighted by molar-refractivity contribution is 7.92. The Morgan fingerprint density at radius 3 is 2.57 bits per heavy atom. The topological polar surface area (TPSA) is 120 Å². The van der Waals surface area contributed by atoms with Crippen LogP contribution in [0.5, 0.6) is 0 Å². The van der Waals surface area contributed by atoms with Crippen molar-refractivity contribution in [1.82, 2.24) is 9.97 Å². The zero-order valence-electron chi connectivity index (χ0n) is 18.3. The lowest BCUT2D eigenvalue weighted by molar-refractivity contribution is 0.601. The van der Waals surface area contributed by atoms with E-state index in [1.807, 2.05) is 36.4 Å². The molecule has 0 amide bonds. The van der Waals surface area contributed by atoms with Gasteiger partial charge in [0.15, 0.2) is 5.82 Å². The molecule has 1 aliphatic rings. The van der Waals surface area contributed by atoms with Crippen LogP contribution in [0.2, 0.25) is 5.02 Å². The van der Waals surface area contributed by atoms with Crippen molar-refractivity contribution in [3.8, 4) is 6.07 Å². The van der Waals surface area contributed by atoms with Crippen LogP contribution < -0.4 is 15.4 Å². The van der Waals surface area contributed by atoms with E-state index in [9.17, 15) is 8.42 Å². The molecule has 3 aromatic carbocycles. The standard InChI is InChI=1S/C25H19ClN6O2S/c26-22-15-28-25-30-19-3-1-2-16(12-19)4-7-18-13-20(29-24(22)31-25)8-11-23(18)32-35(33,34)21-9-5-17(14-27)6-10-21/h1-3,5-6,8-13,15,32H,4,7H2,(H2,28,29,30,31). The lowest BCUT2D eigenvalue weighted by Crippen LogP contribution is -2.14. The molecule has 0 aliphatic carbocycles. The molecule has 8 nitrogen and oxygen atoms in total. The van der Waals surface area contributed by atoms with Crippen molar-refractivity contribution in [2.75, 3.05) is 15.4 Å². The second-order valence-electron chi connectivity index (χ2n) is 7.95. The molecule has 0 spiro atoms. The summed E-state index contributed by atoms with van der Waals surface area (Å²) in [4.78, 5) is 8.81. The van der Waals surface area contributed by atoms with Gasteiger partial charge in [-0.3, -0.25) is 4.72 Å². The minimum atomic E-state index is -3.85. The molecule has 174 valence electrons. The monoisotopic (exact) mass is 502 g/mol. The van der Waals surface area contributed by atoms with Crippen LogP contribution in [-0.2, 0) is 22.9 Å². The van der Waals surface area contributed by atoms with Gasteiger partial charge in [0.2, 0.25) is 5.95 Å². The Bertz CT molecular complexity index is 1570. The molecule has 5 rings (SSSR count). The zero-order valence-corrected chi connectivity index (χ0v) is 19.9. The molecule has 0 unspecified atom stereocenters. The van der Waals surface area contributed by atoms with Crippen LogP contribution in [0, 0.1) is 11.3 Å². The highest BCUT2D eigenvalue weighted by atomic mass is 35.5. The zero-order chi connectivity index (χ0) is 24.4. The first-order valence-electron chi connectivity index (χ1n) is 10.7. The number of aryl methyl sites for hydroxylation is 2. The van der Waals surface area contributed by atoms with Gasteiger partial charge in [-0.05, 0) is 78.6 Å². The van der Waals surface area contributed by atoms with Gasteiger partial charge in [-0.1, -0.05) is 23.7 Å². The van der Waals surface area contributed by atoms with Crippen molar-refractivity contribution in [2.45, 2.75) is 17.7 Å². The number of hydrogen-bond acceptors (Lipinski definition) is 7. The molecule has 10 heteroatoms. The van der Waals surface area contributed by atoms with E-state index >= 15 is 0 Å². The number of nitriles is 1. The first kappa shape index (κ1) is 22.7. The van der Waals surface area contributed by atoms with Crippen LogP contribution in [0.3, 0.4) is 0 Å². The fourth-order valence-electron chi connectivity index (χ4n) is 3.75. The average Bonchev–Trinajstić information content (AvgIpc) is 2.86. The van der Waals surface area contributed by atoms with E-state index in [0.29, 0.717) is 46.6 Å².